The van der Waals surface area contributed by atoms with Crippen molar-refractivity contribution in [3.05, 3.63) is 118 Å². The molecule has 0 aliphatic carbocycles. The van der Waals surface area contributed by atoms with Crippen molar-refractivity contribution in [3.8, 4) is 22.6 Å². The van der Waals surface area contributed by atoms with Gasteiger partial charge < -0.3 is 14.3 Å². The molecule has 5 rings (SSSR count). The highest BCUT2D eigenvalue weighted by Crippen LogP contribution is 2.38. The molecule has 0 aliphatic rings. The van der Waals surface area contributed by atoms with Crippen LogP contribution in [0.3, 0.4) is 0 Å². The Morgan fingerprint density at radius 1 is 0.923 bits per heavy atom. The molecule has 0 unspecified atom stereocenters. The van der Waals surface area contributed by atoms with Crippen LogP contribution in [0.5, 0.6) is 11.5 Å². The summed E-state index contributed by atoms with van der Waals surface area (Å²) in [7, 11) is -1.92. The average Bonchev–Trinajstić information content (AvgIpc) is 3.23. The van der Waals surface area contributed by atoms with Gasteiger partial charge in [0.1, 0.15) is 17.1 Å². The van der Waals surface area contributed by atoms with Crippen molar-refractivity contribution in [1.82, 2.24) is 14.3 Å². The molecule has 0 saturated carbocycles. The van der Waals surface area contributed by atoms with Crippen molar-refractivity contribution in [2.45, 2.75) is 19.2 Å². The topological polar surface area (TPSA) is 93.2 Å². The standard InChI is InChI=1S/C29H25F2N3O4S/c1-18-3-5-19(6-4-18)17-39(36,37)33-15-20-7-9-26(38-27-10-8-21(30)14-25(27)31)23(13-20)24-16-34(2)28-22(24)11-12-32-29(28)35/h3-14,16,33H,15,17H2,1-2H3,(H,32,35). The van der Waals surface area contributed by atoms with Gasteiger partial charge in [0.2, 0.25) is 10.0 Å². The van der Waals surface area contributed by atoms with E-state index >= 15 is 0 Å². The number of nitrogens with zero attached hydrogens (tertiary/aromatic N) is 1. The zero-order chi connectivity index (χ0) is 27.7. The first kappa shape index (κ1) is 26.3. The second kappa shape index (κ2) is 10.5. The second-order valence-electron chi connectivity index (χ2n) is 9.30. The molecular formula is C29H25F2N3O4S. The van der Waals surface area contributed by atoms with Gasteiger partial charge in [0.15, 0.2) is 11.6 Å². The highest BCUT2D eigenvalue weighted by atomic mass is 32.2. The molecule has 2 heterocycles. The first-order valence-electron chi connectivity index (χ1n) is 12.1. The third-order valence-corrected chi connectivity index (χ3v) is 7.62. The first-order valence-corrected chi connectivity index (χ1v) is 13.7. The number of rotatable bonds is 8. The van der Waals surface area contributed by atoms with E-state index in [4.69, 9.17) is 4.74 Å². The first-order chi connectivity index (χ1) is 18.6. The van der Waals surface area contributed by atoms with E-state index in [1.165, 1.54) is 12.3 Å². The summed E-state index contributed by atoms with van der Waals surface area (Å²) in [5.74, 6) is -1.70. The number of hydrogen-bond donors (Lipinski definition) is 2. The number of fused-ring (bicyclic) bond motifs is 1. The fraction of sp³-hybridized carbons (Fsp3) is 0.138. The minimum atomic E-state index is -3.64. The van der Waals surface area contributed by atoms with E-state index in [1.54, 1.807) is 54.2 Å². The van der Waals surface area contributed by atoms with Crippen LogP contribution in [0.25, 0.3) is 22.0 Å². The van der Waals surface area contributed by atoms with Gasteiger partial charge in [-0.2, -0.15) is 0 Å². The minimum absolute atomic E-state index is 0.00225. The molecule has 3 aromatic carbocycles. The van der Waals surface area contributed by atoms with Crippen molar-refractivity contribution < 1.29 is 21.9 Å². The molecule has 0 radical (unpaired) electrons. The maximum Gasteiger partial charge on any atom is 0.272 e. The number of halogens is 2. The van der Waals surface area contributed by atoms with Gasteiger partial charge in [0.25, 0.3) is 5.56 Å². The molecule has 0 saturated heterocycles. The van der Waals surface area contributed by atoms with E-state index in [2.05, 4.69) is 9.71 Å². The summed E-state index contributed by atoms with van der Waals surface area (Å²) in [4.78, 5) is 15.1. The summed E-state index contributed by atoms with van der Waals surface area (Å²) in [5.41, 5.74) is 3.59. The predicted octanol–water partition coefficient (Wildman–Crippen LogP) is 5.53. The number of aromatic amines is 1. The molecule has 7 nitrogen and oxygen atoms in total. The smallest absolute Gasteiger partial charge is 0.272 e. The predicted molar refractivity (Wildman–Crippen MR) is 146 cm³/mol. The van der Waals surface area contributed by atoms with E-state index in [0.29, 0.717) is 33.2 Å². The molecule has 0 atom stereocenters. The lowest BCUT2D eigenvalue weighted by Crippen LogP contribution is -2.24. The van der Waals surface area contributed by atoms with Crippen LogP contribution in [-0.4, -0.2) is 18.0 Å². The monoisotopic (exact) mass is 549 g/mol. The Kier molecular flexibility index (Phi) is 7.07. The summed E-state index contributed by atoms with van der Waals surface area (Å²) in [6.07, 6.45) is 3.27. The van der Waals surface area contributed by atoms with Crippen molar-refractivity contribution in [1.29, 1.82) is 0 Å². The van der Waals surface area contributed by atoms with E-state index in [0.717, 1.165) is 17.7 Å². The third-order valence-electron chi connectivity index (χ3n) is 6.32. The van der Waals surface area contributed by atoms with Crippen molar-refractivity contribution in [2.75, 3.05) is 0 Å². The molecule has 2 aromatic heterocycles. The summed E-state index contributed by atoms with van der Waals surface area (Å²) >= 11 is 0. The maximum atomic E-state index is 14.4. The minimum Gasteiger partial charge on any atom is -0.454 e. The van der Waals surface area contributed by atoms with Crippen molar-refractivity contribution >= 4 is 20.9 Å². The molecule has 0 spiro atoms. The lowest BCUT2D eigenvalue weighted by molar-refractivity contribution is 0.439. The summed E-state index contributed by atoms with van der Waals surface area (Å²) in [5, 5.41) is 0.628. The number of ether oxygens (including phenoxy) is 1. The molecule has 0 bridgehead atoms. The van der Waals surface area contributed by atoms with Gasteiger partial charge in [-0.05, 0) is 48.4 Å². The molecule has 2 N–H and O–H groups in total. The second-order valence-corrected chi connectivity index (χ2v) is 11.1. The number of aromatic nitrogens is 2. The van der Waals surface area contributed by atoms with Gasteiger partial charge in [-0.3, -0.25) is 4.79 Å². The van der Waals surface area contributed by atoms with E-state index in [-0.39, 0.29) is 29.4 Å². The molecule has 5 aromatic rings. The zero-order valence-electron chi connectivity index (χ0n) is 21.2. The van der Waals surface area contributed by atoms with Crippen LogP contribution in [-0.2, 0) is 29.4 Å². The molecule has 0 fully saturated rings. The average molecular weight is 550 g/mol. The molecule has 0 aliphatic heterocycles. The van der Waals surface area contributed by atoms with Crippen LogP contribution in [0.1, 0.15) is 16.7 Å². The van der Waals surface area contributed by atoms with Gasteiger partial charge in [0, 0.05) is 48.6 Å². The Labute approximate surface area is 223 Å². The Morgan fingerprint density at radius 2 is 1.64 bits per heavy atom. The number of benzene rings is 3. The summed E-state index contributed by atoms with van der Waals surface area (Å²) < 4.78 is 63.5. The third kappa shape index (κ3) is 5.76. The van der Waals surface area contributed by atoms with Crippen LogP contribution >= 0.6 is 0 Å². The number of pyridine rings is 1. The molecule has 0 amide bonds. The van der Waals surface area contributed by atoms with Crippen LogP contribution in [0.15, 0.2) is 83.9 Å². The molecule has 39 heavy (non-hydrogen) atoms. The van der Waals surface area contributed by atoms with Crippen molar-refractivity contribution in [2.24, 2.45) is 7.05 Å². The van der Waals surface area contributed by atoms with Gasteiger partial charge >= 0.3 is 0 Å². The van der Waals surface area contributed by atoms with Gasteiger partial charge in [-0.1, -0.05) is 35.9 Å². The Hall–Kier alpha value is -4.28. The lowest BCUT2D eigenvalue weighted by Gasteiger charge is -2.14. The van der Waals surface area contributed by atoms with Crippen molar-refractivity contribution in [3.63, 3.8) is 0 Å². The Bertz CT molecular complexity index is 1850. The number of sulfonamides is 1. The Morgan fingerprint density at radius 3 is 2.38 bits per heavy atom. The Balaban J connectivity index is 1.51. The lowest BCUT2D eigenvalue weighted by atomic mass is 10.0. The van der Waals surface area contributed by atoms with Crippen LogP contribution < -0.4 is 15.0 Å². The quantitative estimate of drug-likeness (QED) is 0.266. The van der Waals surface area contributed by atoms with E-state index in [1.807, 2.05) is 19.1 Å². The highest BCUT2D eigenvalue weighted by molar-refractivity contribution is 7.88. The van der Waals surface area contributed by atoms with E-state index in [9.17, 15) is 22.0 Å². The molecule has 200 valence electrons. The summed E-state index contributed by atoms with van der Waals surface area (Å²) in [6, 6.07) is 17.0. The molecule has 10 heteroatoms. The molecular weight excluding hydrogens is 524 g/mol. The fourth-order valence-electron chi connectivity index (χ4n) is 4.39. The van der Waals surface area contributed by atoms with Crippen LogP contribution in [0.4, 0.5) is 8.78 Å². The normalized spacial score (nSPS) is 11.7. The van der Waals surface area contributed by atoms with Gasteiger partial charge in [-0.15, -0.1) is 0 Å². The highest BCUT2D eigenvalue weighted by Gasteiger charge is 2.18. The summed E-state index contributed by atoms with van der Waals surface area (Å²) in [6.45, 7) is 1.93. The largest absolute Gasteiger partial charge is 0.454 e. The number of nitrogens with one attached hydrogen (secondary N) is 2. The van der Waals surface area contributed by atoms with Crippen LogP contribution in [0.2, 0.25) is 0 Å². The zero-order valence-corrected chi connectivity index (χ0v) is 22.0. The maximum absolute atomic E-state index is 14.4. The SMILES string of the molecule is Cc1ccc(CS(=O)(=O)NCc2ccc(Oc3ccc(F)cc3F)c(-c3cn(C)c4c(=O)[nH]ccc34)c2)cc1. The van der Waals surface area contributed by atoms with Gasteiger partial charge in [0.05, 0.1) is 5.75 Å². The van der Waals surface area contributed by atoms with Gasteiger partial charge in [-0.25, -0.2) is 21.9 Å². The number of aryl methyl sites for hydroxylation is 2. The number of H-pyrrole nitrogens is 1. The number of hydrogen-bond acceptors (Lipinski definition) is 4. The fourth-order valence-corrected chi connectivity index (χ4v) is 5.51. The van der Waals surface area contributed by atoms with Crippen LogP contribution in [0, 0.1) is 18.6 Å². The van der Waals surface area contributed by atoms with E-state index < -0.39 is 21.7 Å².